The van der Waals surface area contributed by atoms with Crippen molar-refractivity contribution in [2.45, 2.75) is 17.9 Å². The van der Waals surface area contributed by atoms with Gasteiger partial charge in [-0.1, -0.05) is 6.07 Å². The Hall–Kier alpha value is -1.02. The molecule has 0 heterocycles. The van der Waals surface area contributed by atoms with Gasteiger partial charge in [0.25, 0.3) is 0 Å². The Bertz CT molecular complexity index is 547. The molecule has 0 spiro atoms. The van der Waals surface area contributed by atoms with Gasteiger partial charge in [0.2, 0.25) is 10.0 Å². The second kappa shape index (κ2) is 7.12. The Balaban J connectivity index is 2.96. The van der Waals surface area contributed by atoms with E-state index in [4.69, 9.17) is 5.73 Å². The van der Waals surface area contributed by atoms with Crippen molar-refractivity contribution in [1.29, 1.82) is 0 Å². The normalized spacial score (nSPS) is 12.3. The lowest BCUT2D eigenvalue weighted by molar-refractivity contribution is 0.370. The van der Waals surface area contributed by atoms with Crippen LogP contribution in [0.15, 0.2) is 23.1 Å². The van der Waals surface area contributed by atoms with Crippen LogP contribution in [-0.2, 0) is 16.6 Å². The molecule has 0 aliphatic rings. The molecule has 0 bridgehead atoms. The van der Waals surface area contributed by atoms with Crippen molar-refractivity contribution in [3.63, 3.8) is 0 Å². The van der Waals surface area contributed by atoms with Crippen LogP contribution in [0.5, 0.6) is 0 Å². The third-order valence-electron chi connectivity index (χ3n) is 3.05. The molecule has 20 heavy (non-hydrogen) atoms. The molecule has 0 radical (unpaired) electrons. The van der Waals surface area contributed by atoms with E-state index in [1.165, 1.54) is 29.6 Å². The number of nitrogens with zero attached hydrogens (tertiary/aromatic N) is 2. The molecule has 0 aromatic heterocycles. The highest BCUT2D eigenvalue weighted by Crippen LogP contribution is 2.21. The molecule has 0 fully saturated rings. The number of halogens is 1. The van der Waals surface area contributed by atoms with Crippen molar-refractivity contribution >= 4 is 10.0 Å². The lowest BCUT2D eigenvalue weighted by Gasteiger charge is -2.20. The van der Waals surface area contributed by atoms with Gasteiger partial charge in [-0.3, -0.25) is 0 Å². The molecule has 0 saturated carbocycles. The predicted molar refractivity (Wildman–Crippen MR) is 77.3 cm³/mol. The van der Waals surface area contributed by atoms with Gasteiger partial charge in [-0.2, -0.15) is 0 Å². The Morgan fingerprint density at radius 3 is 2.40 bits per heavy atom. The number of hydrogen-bond donors (Lipinski definition) is 1. The first-order valence-corrected chi connectivity index (χ1v) is 7.83. The fourth-order valence-corrected chi connectivity index (χ4v) is 3.32. The number of hydrogen-bond acceptors (Lipinski definition) is 4. The number of nitrogens with two attached hydrogens (primary N) is 1. The van der Waals surface area contributed by atoms with Crippen molar-refractivity contribution in [2.75, 3.05) is 34.2 Å². The molecule has 1 aromatic rings. The van der Waals surface area contributed by atoms with E-state index in [0.717, 1.165) is 6.54 Å². The summed E-state index contributed by atoms with van der Waals surface area (Å²) in [5.41, 5.74) is 5.49. The van der Waals surface area contributed by atoms with Gasteiger partial charge in [0.1, 0.15) is 5.82 Å². The zero-order valence-corrected chi connectivity index (χ0v) is 13.0. The largest absolute Gasteiger partial charge is 0.326 e. The summed E-state index contributed by atoms with van der Waals surface area (Å²) in [4.78, 5) is 1.93. The fourth-order valence-electron chi connectivity index (χ4n) is 1.88. The van der Waals surface area contributed by atoms with E-state index in [1.807, 2.05) is 19.0 Å². The minimum absolute atomic E-state index is 0.0342. The molecule has 0 unspecified atom stereocenters. The van der Waals surface area contributed by atoms with Crippen molar-refractivity contribution < 1.29 is 12.8 Å². The summed E-state index contributed by atoms with van der Waals surface area (Å²) < 4.78 is 39.7. The van der Waals surface area contributed by atoms with Gasteiger partial charge in [-0.25, -0.2) is 17.1 Å². The standard InChI is InChI=1S/C13H22FN3O2S/c1-16(2)8-5-9-17(3)20(18,19)13-7-4-6-12(14)11(13)10-15/h4,6-7H,5,8-10,15H2,1-3H3. The summed E-state index contributed by atoms with van der Waals surface area (Å²) >= 11 is 0. The third kappa shape index (κ3) is 3.99. The van der Waals surface area contributed by atoms with Crippen LogP contribution < -0.4 is 5.73 Å². The highest BCUT2D eigenvalue weighted by Gasteiger charge is 2.24. The maximum atomic E-state index is 13.6. The van der Waals surface area contributed by atoms with E-state index in [9.17, 15) is 12.8 Å². The van der Waals surface area contributed by atoms with E-state index < -0.39 is 15.8 Å². The molecule has 0 atom stereocenters. The number of sulfonamides is 1. The molecule has 0 aliphatic carbocycles. The summed E-state index contributed by atoms with van der Waals surface area (Å²) in [6.07, 6.45) is 0.704. The van der Waals surface area contributed by atoms with Crippen LogP contribution in [0, 0.1) is 5.82 Å². The fraction of sp³-hybridized carbons (Fsp3) is 0.538. The van der Waals surface area contributed by atoms with Crippen molar-refractivity contribution in [3.05, 3.63) is 29.6 Å². The highest BCUT2D eigenvalue weighted by atomic mass is 32.2. The molecule has 1 rings (SSSR count). The van der Waals surface area contributed by atoms with Crippen molar-refractivity contribution in [3.8, 4) is 0 Å². The zero-order valence-electron chi connectivity index (χ0n) is 12.1. The van der Waals surface area contributed by atoms with Gasteiger partial charge in [0.05, 0.1) is 4.90 Å². The van der Waals surface area contributed by atoms with Gasteiger partial charge in [-0.05, 0) is 39.2 Å². The molecular formula is C13H22FN3O2S. The quantitative estimate of drug-likeness (QED) is 0.811. The van der Waals surface area contributed by atoms with Crippen molar-refractivity contribution in [1.82, 2.24) is 9.21 Å². The van der Waals surface area contributed by atoms with Crippen LogP contribution in [0.2, 0.25) is 0 Å². The Morgan fingerprint density at radius 1 is 1.20 bits per heavy atom. The van der Waals surface area contributed by atoms with E-state index in [-0.39, 0.29) is 17.0 Å². The predicted octanol–water partition coefficient (Wildman–Crippen LogP) is 0.857. The number of benzene rings is 1. The van der Waals surface area contributed by atoms with Gasteiger partial charge in [-0.15, -0.1) is 0 Å². The average Bonchev–Trinajstić information content (AvgIpc) is 2.37. The first kappa shape index (κ1) is 17.0. The molecular weight excluding hydrogens is 281 g/mol. The lowest BCUT2D eigenvalue weighted by Crippen LogP contribution is -2.31. The third-order valence-corrected chi connectivity index (χ3v) is 4.99. The Morgan fingerprint density at radius 2 is 1.85 bits per heavy atom. The second-order valence-electron chi connectivity index (χ2n) is 4.90. The smallest absolute Gasteiger partial charge is 0.243 e. The van der Waals surface area contributed by atoms with Crippen LogP contribution in [0.25, 0.3) is 0 Å². The molecule has 2 N–H and O–H groups in total. The van der Waals surface area contributed by atoms with E-state index in [1.54, 1.807) is 0 Å². The molecule has 0 aliphatic heterocycles. The average molecular weight is 303 g/mol. The maximum absolute atomic E-state index is 13.6. The zero-order chi connectivity index (χ0) is 15.3. The van der Waals surface area contributed by atoms with Crippen LogP contribution in [0.4, 0.5) is 4.39 Å². The molecule has 114 valence electrons. The molecule has 0 amide bonds. The van der Waals surface area contributed by atoms with E-state index in [0.29, 0.717) is 13.0 Å². The van der Waals surface area contributed by atoms with Gasteiger partial charge >= 0.3 is 0 Å². The summed E-state index contributed by atoms with van der Waals surface area (Å²) in [7, 11) is 1.64. The topological polar surface area (TPSA) is 66.6 Å². The second-order valence-corrected chi connectivity index (χ2v) is 6.92. The minimum Gasteiger partial charge on any atom is -0.326 e. The maximum Gasteiger partial charge on any atom is 0.243 e. The first-order valence-electron chi connectivity index (χ1n) is 6.39. The molecule has 0 saturated heterocycles. The lowest BCUT2D eigenvalue weighted by atomic mass is 10.2. The molecule has 7 heteroatoms. The van der Waals surface area contributed by atoms with E-state index >= 15 is 0 Å². The van der Waals surface area contributed by atoms with Crippen LogP contribution >= 0.6 is 0 Å². The highest BCUT2D eigenvalue weighted by molar-refractivity contribution is 7.89. The Kier molecular flexibility index (Phi) is 6.07. The van der Waals surface area contributed by atoms with E-state index in [2.05, 4.69) is 0 Å². The SMILES string of the molecule is CN(C)CCCN(C)S(=O)(=O)c1cccc(F)c1CN. The summed E-state index contributed by atoms with van der Waals surface area (Å²) in [5, 5.41) is 0. The van der Waals surface area contributed by atoms with Crippen LogP contribution in [0.3, 0.4) is 0 Å². The summed E-state index contributed by atoms with van der Waals surface area (Å²) in [6, 6.07) is 3.99. The van der Waals surface area contributed by atoms with Crippen molar-refractivity contribution in [2.24, 2.45) is 5.73 Å². The van der Waals surface area contributed by atoms with Crippen LogP contribution in [-0.4, -0.2) is 51.9 Å². The van der Waals surface area contributed by atoms with Gasteiger partial charge < -0.3 is 10.6 Å². The molecule has 1 aromatic carbocycles. The van der Waals surface area contributed by atoms with Gasteiger partial charge in [0, 0.05) is 25.7 Å². The first-order chi connectivity index (χ1) is 9.30. The monoisotopic (exact) mass is 303 g/mol. The summed E-state index contributed by atoms with van der Waals surface area (Å²) in [6.45, 7) is 1.01. The number of rotatable bonds is 7. The minimum atomic E-state index is -3.71. The summed E-state index contributed by atoms with van der Waals surface area (Å²) in [5.74, 6) is -0.588. The molecule has 5 nitrogen and oxygen atoms in total. The van der Waals surface area contributed by atoms with Crippen LogP contribution in [0.1, 0.15) is 12.0 Å². The van der Waals surface area contributed by atoms with Gasteiger partial charge in [0.15, 0.2) is 0 Å². The Labute approximate surface area is 120 Å².